The number of nitrogens with one attached hydrogen (secondary N) is 1. The number of hydrogen-bond acceptors (Lipinski definition) is 1. The topological polar surface area (TPSA) is 12.0 Å². The Balaban J connectivity index is 2.02. The molecule has 0 aromatic heterocycles. The molecule has 0 fully saturated rings. The SMILES string of the molecule is CC(NCc1ccc(F)c(F)c1)c1ccccc1Br. The van der Waals surface area contributed by atoms with Gasteiger partial charge >= 0.3 is 0 Å². The van der Waals surface area contributed by atoms with E-state index in [0.717, 1.165) is 21.7 Å². The van der Waals surface area contributed by atoms with Crippen molar-refractivity contribution in [3.8, 4) is 0 Å². The van der Waals surface area contributed by atoms with Gasteiger partial charge in [0.25, 0.3) is 0 Å². The Morgan fingerprint density at radius 3 is 2.53 bits per heavy atom. The lowest BCUT2D eigenvalue weighted by Crippen LogP contribution is -2.18. The van der Waals surface area contributed by atoms with E-state index >= 15 is 0 Å². The summed E-state index contributed by atoms with van der Waals surface area (Å²) in [5.74, 6) is -1.63. The quantitative estimate of drug-likeness (QED) is 0.867. The molecule has 1 unspecified atom stereocenters. The second-order valence-corrected chi connectivity index (χ2v) is 5.23. The summed E-state index contributed by atoms with van der Waals surface area (Å²) in [5, 5.41) is 3.28. The summed E-state index contributed by atoms with van der Waals surface area (Å²) in [7, 11) is 0. The van der Waals surface area contributed by atoms with Gasteiger partial charge in [0.15, 0.2) is 11.6 Å². The van der Waals surface area contributed by atoms with Crippen LogP contribution in [-0.2, 0) is 6.54 Å². The Kier molecular flexibility index (Phi) is 4.66. The van der Waals surface area contributed by atoms with Gasteiger partial charge < -0.3 is 5.32 Å². The third-order valence-electron chi connectivity index (χ3n) is 2.97. The van der Waals surface area contributed by atoms with E-state index in [-0.39, 0.29) is 6.04 Å². The number of rotatable bonds is 4. The molecule has 1 N–H and O–H groups in total. The third-order valence-corrected chi connectivity index (χ3v) is 3.69. The molecular formula is C15H14BrF2N. The minimum atomic E-state index is -0.817. The van der Waals surface area contributed by atoms with Gasteiger partial charge in [-0.15, -0.1) is 0 Å². The molecule has 0 aliphatic carbocycles. The Bertz CT molecular complexity index is 572. The molecule has 0 aliphatic heterocycles. The Hall–Kier alpha value is -1.26. The lowest BCUT2D eigenvalue weighted by atomic mass is 10.1. The highest BCUT2D eigenvalue weighted by molar-refractivity contribution is 9.10. The van der Waals surface area contributed by atoms with Crippen LogP contribution in [0.2, 0.25) is 0 Å². The van der Waals surface area contributed by atoms with Crippen LogP contribution in [0.4, 0.5) is 8.78 Å². The smallest absolute Gasteiger partial charge is 0.159 e. The van der Waals surface area contributed by atoms with E-state index in [9.17, 15) is 8.78 Å². The summed E-state index contributed by atoms with van der Waals surface area (Å²) < 4.78 is 26.9. The molecule has 1 nitrogen and oxygen atoms in total. The molecule has 0 spiro atoms. The second kappa shape index (κ2) is 6.26. The van der Waals surface area contributed by atoms with Gasteiger partial charge in [-0.1, -0.05) is 40.2 Å². The van der Waals surface area contributed by atoms with Crippen LogP contribution in [0.15, 0.2) is 46.9 Å². The van der Waals surface area contributed by atoms with Gasteiger partial charge in [0.2, 0.25) is 0 Å². The molecule has 2 aromatic rings. The van der Waals surface area contributed by atoms with E-state index in [1.54, 1.807) is 6.07 Å². The zero-order valence-corrected chi connectivity index (χ0v) is 12.0. The van der Waals surface area contributed by atoms with E-state index in [2.05, 4.69) is 21.2 Å². The molecule has 0 saturated heterocycles. The summed E-state index contributed by atoms with van der Waals surface area (Å²) >= 11 is 3.49. The number of hydrogen-bond donors (Lipinski definition) is 1. The van der Waals surface area contributed by atoms with Crippen LogP contribution in [0.3, 0.4) is 0 Å². The van der Waals surface area contributed by atoms with E-state index in [1.807, 2.05) is 31.2 Å². The van der Waals surface area contributed by atoms with Gasteiger partial charge in [0.1, 0.15) is 0 Å². The Morgan fingerprint density at radius 2 is 1.84 bits per heavy atom. The van der Waals surface area contributed by atoms with Gasteiger partial charge in [0, 0.05) is 17.1 Å². The lowest BCUT2D eigenvalue weighted by molar-refractivity contribution is 0.504. The van der Waals surface area contributed by atoms with E-state index in [1.165, 1.54) is 6.07 Å². The molecule has 0 amide bonds. The number of halogens is 3. The Morgan fingerprint density at radius 1 is 1.11 bits per heavy atom. The van der Waals surface area contributed by atoms with Gasteiger partial charge in [-0.05, 0) is 36.2 Å². The molecule has 0 bridgehead atoms. The maximum absolute atomic E-state index is 13.1. The van der Waals surface area contributed by atoms with Crippen molar-refractivity contribution in [2.75, 3.05) is 0 Å². The molecule has 2 rings (SSSR count). The van der Waals surface area contributed by atoms with Crippen molar-refractivity contribution in [3.63, 3.8) is 0 Å². The monoisotopic (exact) mass is 325 g/mol. The maximum atomic E-state index is 13.1. The number of benzene rings is 2. The van der Waals surface area contributed by atoms with Crippen molar-refractivity contribution in [3.05, 3.63) is 69.7 Å². The first-order valence-electron chi connectivity index (χ1n) is 5.99. The highest BCUT2D eigenvalue weighted by Gasteiger charge is 2.09. The average Bonchev–Trinajstić information content (AvgIpc) is 2.40. The first kappa shape index (κ1) is 14.2. The van der Waals surface area contributed by atoms with Crippen molar-refractivity contribution < 1.29 is 8.78 Å². The van der Waals surface area contributed by atoms with Crippen LogP contribution in [0.1, 0.15) is 24.1 Å². The molecular weight excluding hydrogens is 312 g/mol. The van der Waals surface area contributed by atoms with Gasteiger partial charge in [-0.3, -0.25) is 0 Å². The fourth-order valence-corrected chi connectivity index (χ4v) is 2.48. The minimum Gasteiger partial charge on any atom is -0.306 e. The van der Waals surface area contributed by atoms with E-state index < -0.39 is 11.6 Å². The second-order valence-electron chi connectivity index (χ2n) is 4.37. The molecule has 2 aromatic carbocycles. The summed E-state index contributed by atoms with van der Waals surface area (Å²) in [6.07, 6.45) is 0. The van der Waals surface area contributed by atoms with Crippen LogP contribution < -0.4 is 5.32 Å². The van der Waals surface area contributed by atoms with Crippen molar-refractivity contribution in [2.45, 2.75) is 19.5 Å². The fraction of sp³-hybridized carbons (Fsp3) is 0.200. The largest absolute Gasteiger partial charge is 0.306 e. The predicted octanol–water partition coefficient (Wildman–Crippen LogP) is 4.58. The van der Waals surface area contributed by atoms with Crippen LogP contribution >= 0.6 is 15.9 Å². The zero-order chi connectivity index (χ0) is 13.8. The fourth-order valence-electron chi connectivity index (χ4n) is 1.86. The summed E-state index contributed by atoms with van der Waals surface area (Å²) in [6, 6.07) is 12.0. The molecule has 0 radical (unpaired) electrons. The molecule has 0 heterocycles. The summed E-state index contributed by atoms with van der Waals surface area (Å²) in [4.78, 5) is 0. The molecule has 19 heavy (non-hydrogen) atoms. The lowest BCUT2D eigenvalue weighted by Gasteiger charge is -2.16. The predicted molar refractivity (Wildman–Crippen MR) is 75.8 cm³/mol. The average molecular weight is 326 g/mol. The van der Waals surface area contributed by atoms with Gasteiger partial charge in [0.05, 0.1) is 0 Å². The molecule has 1 atom stereocenters. The Labute approximate surface area is 119 Å². The van der Waals surface area contributed by atoms with Crippen LogP contribution in [-0.4, -0.2) is 0 Å². The first-order chi connectivity index (χ1) is 9.08. The van der Waals surface area contributed by atoms with Crippen molar-refractivity contribution in [1.82, 2.24) is 5.32 Å². The van der Waals surface area contributed by atoms with Crippen molar-refractivity contribution >= 4 is 15.9 Å². The van der Waals surface area contributed by atoms with Crippen molar-refractivity contribution in [1.29, 1.82) is 0 Å². The highest BCUT2D eigenvalue weighted by atomic mass is 79.9. The molecule has 4 heteroatoms. The normalized spacial score (nSPS) is 12.4. The van der Waals surface area contributed by atoms with E-state index in [0.29, 0.717) is 6.54 Å². The van der Waals surface area contributed by atoms with E-state index in [4.69, 9.17) is 0 Å². The standard InChI is InChI=1S/C15H14BrF2N/c1-10(12-4-2-3-5-13(12)16)19-9-11-6-7-14(17)15(18)8-11/h2-8,10,19H,9H2,1H3. The molecule has 0 aliphatic rings. The maximum Gasteiger partial charge on any atom is 0.159 e. The first-order valence-corrected chi connectivity index (χ1v) is 6.79. The third kappa shape index (κ3) is 3.61. The highest BCUT2D eigenvalue weighted by Crippen LogP contribution is 2.23. The summed E-state index contributed by atoms with van der Waals surface area (Å²) in [5.41, 5.74) is 1.85. The van der Waals surface area contributed by atoms with Crippen LogP contribution in [0.25, 0.3) is 0 Å². The molecule has 0 saturated carbocycles. The van der Waals surface area contributed by atoms with Gasteiger partial charge in [-0.25, -0.2) is 8.78 Å². The van der Waals surface area contributed by atoms with Crippen LogP contribution in [0.5, 0.6) is 0 Å². The zero-order valence-electron chi connectivity index (χ0n) is 10.5. The minimum absolute atomic E-state index is 0.115. The summed E-state index contributed by atoms with van der Waals surface area (Å²) in [6.45, 7) is 2.51. The van der Waals surface area contributed by atoms with Crippen LogP contribution in [0, 0.1) is 11.6 Å². The van der Waals surface area contributed by atoms with Gasteiger partial charge in [-0.2, -0.15) is 0 Å². The molecule has 100 valence electrons. The van der Waals surface area contributed by atoms with Crippen molar-refractivity contribution in [2.24, 2.45) is 0 Å².